The molecule has 0 aromatic heterocycles. The maximum atomic E-state index is 12.3. The van der Waals surface area contributed by atoms with Gasteiger partial charge in [0.15, 0.2) is 0 Å². The highest BCUT2D eigenvalue weighted by Gasteiger charge is 2.29. The quantitative estimate of drug-likeness (QED) is 0.847. The molecule has 0 saturated carbocycles. The topological polar surface area (TPSA) is 38.3 Å². The Balaban J connectivity index is 2.57. The maximum absolute atomic E-state index is 12.3. The molecule has 1 N–H and O–H groups in total. The van der Waals surface area contributed by atoms with Crippen molar-refractivity contribution in [2.24, 2.45) is 5.92 Å². The van der Waals surface area contributed by atoms with Crippen molar-refractivity contribution in [1.82, 2.24) is 0 Å². The van der Waals surface area contributed by atoms with Gasteiger partial charge in [0, 0.05) is 12.2 Å². The van der Waals surface area contributed by atoms with E-state index in [1.54, 1.807) is 6.92 Å². The molecule has 6 heteroatoms. The minimum Gasteiger partial charge on any atom is -0.469 e. The molecule has 0 heterocycles. The molecule has 0 amide bonds. The number of methoxy groups -OCH3 is 1. The molecule has 18 heavy (non-hydrogen) atoms. The summed E-state index contributed by atoms with van der Waals surface area (Å²) in [4.78, 5) is 11.1. The Morgan fingerprint density at radius 3 is 2.33 bits per heavy atom. The zero-order valence-corrected chi connectivity index (χ0v) is 10.0. The first-order valence-electron chi connectivity index (χ1n) is 5.33. The van der Waals surface area contributed by atoms with Gasteiger partial charge in [-0.2, -0.15) is 13.2 Å². The molecular weight excluding hydrogens is 247 g/mol. The van der Waals surface area contributed by atoms with Crippen LogP contribution in [0.2, 0.25) is 0 Å². The number of carbonyl (C=O) groups is 1. The molecule has 0 aliphatic carbocycles. The number of esters is 1. The van der Waals surface area contributed by atoms with Crippen LogP contribution < -0.4 is 5.32 Å². The highest BCUT2D eigenvalue weighted by Crippen LogP contribution is 2.29. The number of anilines is 1. The third-order valence-corrected chi connectivity index (χ3v) is 2.43. The molecule has 1 unspecified atom stereocenters. The Kier molecular flexibility index (Phi) is 4.58. The van der Waals surface area contributed by atoms with Gasteiger partial charge in [-0.3, -0.25) is 4.79 Å². The Labute approximate surface area is 103 Å². The second kappa shape index (κ2) is 5.75. The fourth-order valence-electron chi connectivity index (χ4n) is 1.33. The summed E-state index contributed by atoms with van der Waals surface area (Å²) in [7, 11) is 1.29. The van der Waals surface area contributed by atoms with Crippen LogP contribution in [0.4, 0.5) is 18.9 Å². The molecule has 1 atom stereocenters. The number of hydrogen-bond acceptors (Lipinski definition) is 3. The third kappa shape index (κ3) is 3.94. The number of hydrogen-bond donors (Lipinski definition) is 1. The lowest BCUT2D eigenvalue weighted by Crippen LogP contribution is -2.21. The van der Waals surface area contributed by atoms with Crippen LogP contribution in [0.3, 0.4) is 0 Å². The lowest BCUT2D eigenvalue weighted by Gasteiger charge is -2.12. The molecular formula is C12H14F3NO2. The Hall–Kier alpha value is -1.72. The van der Waals surface area contributed by atoms with Gasteiger partial charge in [-0.1, -0.05) is 6.92 Å². The lowest BCUT2D eigenvalue weighted by atomic mass is 10.1. The van der Waals surface area contributed by atoms with Crippen LogP contribution in [0.5, 0.6) is 0 Å². The van der Waals surface area contributed by atoms with E-state index in [1.807, 2.05) is 0 Å². The van der Waals surface area contributed by atoms with Crippen molar-refractivity contribution in [2.75, 3.05) is 19.0 Å². The van der Waals surface area contributed by atoms with E-state index in [-0.39, 0.29) is 11.9 Å². The first kappa shape index (κ1) is 14.3. The molecule has 0 spiro atoms. The van der Waals surface area contributed by atoms with E-state index >= 15 is 0 Å². The summed E-state index contributed by atoms with van der Waals surface area (Å²) in [5.41, 5.74) is -0.173. The minimum absolute atomic E-state index is 0.304. The summed E-state index contributed by atoms with van der Waals surface area (Å²) >= 11 is 0. The van der Waals surface area contributed by atoms with Gasteiger partial charge in [-0.25, -0.2) is 0 Å². The average molecular weight is 261 g/mol. The normalized spacial score (nSPS) is 12.9. The van der Waals surface area contributed by atoms with E-state index < -0.39 is 11.7 Å². The number of alkyl halides is 3. The SMILES string of the molecule is COC(=O)C(C)CNc1ccc(C(F)(F)F)cc1. The van der Waals surface area contributed by atoms with E-state index in [4.69, 9.17) is 0 Å². The van der Waals surface area contributed by atoms with Crippen molar-refractivity contribution in [1.29, 1.82) is 0 Å². The molecule has 0 fully saturated rings. The lowest BCUT2D eigenvalue weighted by molar-refractivity contribution is -0.144. The number of nitrogens with one attached hydrogen (secondary N) is 1. The molecule has 1 rings (SSSR count). The second-order valence-corrected chi connectivity index (χ2v) is 3.88. The molecule has 100 valence electrons. The second-order valence-electron chi connectivity index (χ2n) is 3.88. The van der Waals surface area contributed by atoms with Crippen LogP contribution in [-0.2, 0) is 15.7 Å². The number of ether oxygens (including phenoxy) is 1. The van der Waals surface area contributed by atoms with Gasteiger partial charge in [-0.05, 0) is 24.3 Å². The van der Waals surface area contributed by atoms with Crippen LogP contribution in [-0.4, -0.2) is 19.6 Å². The van der Waals surface area contributed by atoms with Gasteiger partial charge in [0.2, 0.25) is 0 Å². The predicted octanol–water partition coefficient (Wildman–Crippen LogP) is 2.93. The molecule has 0 aliphatic rings. The van der Waals surface area contributed by atoms with Gasteiger partial charge in [0.05, 0.1) is 18.6 Å². The summed E-state index contributed by atoms with van der Waals surface area (Å²) in [5.74, 6) is -0.730. The van der Waals surface area contributed by atoms with Crippen LogP contribution >= 0.6 is 0 Å². The number of halogens is 3. The third-order valence-electron chi connectivity index (χ3n) is 2.43. The predicted molar refractivity (Wildman–Crippen MR) is 61.1 cm³/mol. The minimum atomic E-state index is -4.34. The molecule has 0 aliphatic heterocycles. The van der Waals surface area contributed by atoms with Crippen molar-refractivity contribution in [3.05, 3.63) is 29.8 Å². The van der Waals surface area contributed by atoms with Gasteiger partial charge in [0.1, 0.15) is 0 Å². The smallest absolute Gasteiger partial charge is 0.416 e. The van der Waals surface area contributed by atoms with E-state index in [1.165, 1.54) is 19.2 Å². The Morgan fingerprint density at radius 2 is 1.89 bits per heavy atom. The van der Waals surface area contributed by atoms with Crippen molar-refractivity contribution in [2.45, 2.75) is 13.1 Å². The van der Waals surface area contributed by atoms with E-state index in [9.17, 15) is 18.0 Å². The van der Waals surface area contributed by atoms with Crippen LogP contribution in [0.15, 0.2) is 24.3 Å². The Bertz CT molecular complexity index is 401. The Morgan fingerprint density at radius 1 is 1.33 bits per heavy atom. The molecule has 1 aromatic rings. The maximum Gasteiger partial charge on any atom is 0.416 e. The summed E-state index contributed by atoms with van der Waals surface area (Å²) in [6, 6.07) is 4.63. The summed E-state index contributed by atoms with van der Waals surface area (Å²) in [5, 5.41) is 2.87. The van der Waals surface area contributed by atoms with Gasteiger partial charge in [0.25, 0.3) is 0 Å². The summed E-state index contributed by atoms with van der Waals surface area (Å²) < 4.78 is 41.4. The number of benzene rings is 1. The van der Waals surface area contributed by atoms with Crippen LogP contribution in [0.1, 0.15) is 12.5 Å². The van der Waals surface area contributed by atoms with E-state index in [2.05, 4.69) is 10.1 Å². The zero-order valence-electron chi connectivity index (χ0n) is 10.0. The monoisotopic (exact) mass is 261 g/mol. The van der Waals surface area contributed by atoms with Gasteiger partial charge >= 0.3 is 12.1 Å². The highest BCUT2D eigenvalue weighted by molar-refractivity contribution is 5.72. The molecule has 1 aromatic carbocycles. The van der Waals surface area contributed by atoms with E-state index in [0.717, 1.165) is 12.1 Å². The largest absolute Gasteiger partial charge is 0.469 e. The number of rotatable bonds is 4. The van der Waals surface area contributed by atoms with Crippen molar-refractivity contribution in [3.8, 4) is 0 Å². The first-order valence-corrected chi connectivity index (χ1v) is 5.33. The van der Waals surface area contributed by atoms with Gasteiger partial charge < -0.3 is 10.1 Å². The fraction of sp³-hybridized carbons (Fsp3) is 0.417. The fourth-order valence-corrected chi connectivity index (χ4v) is 1.33. The van der Waals surface area contributed by atoms with Crippen molar-refractivity contribution < 1.29 is 22.7 Å². The van der Waals surface area contributed by atoms with E-state index in [0.29, 0.717) is 12.2 Å². The standard InChI is InChI=1S/C12H14F3NO2/c1-8(11(17)18-2)7-16-10-5-3-9(4-6-10)12(13,14)15/h3-6,8,16H,7H2,1-2H3. The van der Waals surface area contributed by atoms with Gasteiger partial charge in [-0.15, -0.1) is 0 Å². The molecule has 0 bridgehead atoms. The number of carbonyl (C=O) groups excluding carboxylic acids is 1. The van der Waals surface area contributed by atoms with Crippen LogP contribution in [0.25, 0.3) is 0 Å². The summed E-state index contributed by atoms with van der Waals surface area (Å²) in [6.45, 7) is 1.97. The zero-order chi connectivity index (χ0) is 13.8. The molecule has 0 radical (unpaired) electrons. The first-order chi connectivity index (χ1) is 8.34. The summed E-state index contributed by atoms with van der Waals surface area (Å²) in [6.07, 6.45) is -4.34. The molecule has 0 saturated heterocycles. The van der Waals surface area contributed by atoms with Crippen molar-refractivity contribution in [3.63, 3.8) is 0 Å². The highest BCUT2D eigenvalue weighted by atomic mass is 19.4. The van der Waals surface area contributed by atoms with Crippen LogP contribution in [0, 0.1) is 5.92 Å². The van der Waals surface area contributed by atoms with Crippen molar-refractivity contribution >= 4 is 11.7 Å². The molecule has 3 nitrogen and oxygen atoms in total. The average Bonchev–Trinajstić information content (AvgIpc) is 2.34.